The zero-order valence-electron chi connectivity index (χ0n) is 17.0. The monoisotopic (exact) mass is 429 g/mol. The lowest BCUT2D eigenvalue weighted by molar-refractivity contribution is -0.121. The SMILES string of the molecule is O=C(CCc1nc2ccccc2[nH]1)NCCn1cc(-c2nc(-c3cccnc3)no2)nn1. The first-order chi connectivity index (χ1) is 15.7. The molecule has 0 unspecified atom stereocenters. The van der Waals surface area contributed by atoms with Gasteiger partial charge in [0, 0.05) is 37.3 Å². The molecule has 4 aromatic heterocycles. The lowest BCUT2D eigenvalue weighted by Gasteiger charge is -2.04. The van der Waals surface area contributed by atoms with Crippen molar-refractivity contribution >= 4 is 16.9 Å². The van der Waals surface area contributed by atoms with Gasteiger partial charge in [-0.25, -0.2) is 9.67 Å². The van der Waals surface area contributed by atoms with E-state index in [0.717, 1.165) is 22.4 Å². The summed E-state index contributed by atoms with van der Waals surface area (Å²) in [5.41, 5.74) is 3.08. The highest BCUT2D eigenvalue weighted by Crippen LogP contribution is 2.19. The predicted molar refractivity (Wildman–Crippen MR) is 114 cm³/mol. The standard InChI is InChI=1S/C21H19N9O2/c31-19(8-7-18-24-15-5-1-2-6-16(15)25-18)23-10-11-30-13-17(27-29-30)21-26-20(28-32-21)14-4-3-9-22-12-14/h1-6,9,12-13H,7-8,10-11H2,(H,23,31)(H,24,25). The zero-order chi connectivity index (χ0) is 21.8. The molecule has 32 heavy (non-hydrogen) atoms. The summed E-state index contributed by atoms with van der Waals surface area (Å²) in [6.45, 7) is 0.888. The summed E-state index contributed by atoms with van der Waals surface area (Å²) in [4.78, 5) is 28.2. The molecular formula is C21H19N9O2. The van der Waals surface area contributed by atoms with Gasteiger partial charge in [0.1, 0.15) is 5.82 Å². The highest BCUT2D eigenvalue weighted by molar-refractivity contribution is 5.77. The second-order valence-corrected chi connectivity index (χ2v) is 7.08. The lowest BCUT2D eigenvalue weighted by atomic mass is 10.3. The summed E-state index contributed by atoms with van der Waals surface area (Å²) < 4.78 is 6.89. The summed E-state index contributed by atoms with van der Waals surface area (Å²) in [5, 5.41) is 14.9. The van der Waals surface area contributed by atoms with Crippen molar-refractivity contribution in [3.05, 3.63) is 60.8 Å². The number of nitrogens with one attached hydrogen (secondary N) is 2. The number of aryl methyl sites for hydroxylation is 1. The van der Waals surface area contributed by atoms with Crippen LogP contribution in [0.5, 0.6) is 0 Å². The molecule has 11 nitrogen and oxygen atoms in total. The average Bonchev–Trinajstić information content (AvgIpc) is 3.57. The number of nitrogens with zero attached hydrogens (tertiary/aromatic N) is 7. The number of carbonyl (C=O) groups is 1. The van der Waals surface area contributed by atoms with Crippen LogP contribution >= 0.6 is 0 Å². The van der Waals surface area contributed by atoms with Crippen molar-refractivity contribution in [2.45, 2.75) is 19.4 Å². The van der Waals surface area contributed by atoms with Crippen LogP contribution in [0.1, 0.15) is 12.2 Å². The maximum Gasteiger partial charge on any atom is 0.280 e. The molecule has 11 heteroatoms. The number of aromatic amines is 1. The van der Waals surface area contributed by atoms with Crippen molar-refractivity contribution < 1.29 is 9.32 Å². The molecule has 5 rings (SSSR count). The molecule has 1 amide bonds. The predicted octanol–water partition coefficient (Wildman–Crippen LogP) is 2.02. The molecule has 0 aliphatic heterocycles. The molecule has 1 aromatic carbocycles. The van der Waals surface area contributed by atoms with Gasteiger partial charge >= 0.3 is 0 Å². The molecule has 0 saturated carbocycles. The van der Waals surface area contributed by atoms with Crippen molar-refractivity contribution in [1.29, 1.82) is 0 Å². The van der Waals surface area contributed by atoms with E-state index >= 15 is 0 Å². The van der Waals surface area contributed by atoms with Gasteiger partial charge in [-0.05, 0) is 24.3 Å². The Labute approximate surface area is 181 Å². The molecule has 0 spiro atoms. The number of hydrogen-bond donors (Lipinski definition) is 2. The fourth-order valence-corrected chi connectivity index (χ4v) is 3.20. The Bertz CT molecular complexity index is 1310. The molecule has 0 atom stereocenters. The van der Waals surface area contributed by atoms with Crippen molar-refractivity contribution in [2.24, 2.45) is 0 Å². The van der Waals surface area contributed by atoms with Gasteiger partial charge in [0.2, 0.25) is 11.7 Å². The third kappa shape index (κ3) is 4.36. The number of amides is 1. The van der Waals surface area contributed by atoms with Gasteiger partial charge in [0.25, 0.3) is 5.89 Å². The molecule has 0 aliphatic rings. The van der Waals surface area contributed by atoms with E-state index in [1.165, 1.54) is 0 Å². The number of pyridine rings is 1. The van der Waals surface area contributed by atoms with Gasteiger partial charge in [0.15, 0.2) is 5.69 Å². The summed E-state index contributed by atoms with van der Waals surface area (Å²) >= 11 is 0. The largest absolute Gasteiger partial charge is 0.354 e. The molecular weight excluding hydrogens is 410 g/mol. The highest BCUT2D eigenvalue weighted by atomic mass is 16.5. The molecule has 0 aliphatic carbocycles. The maximum atomic E-state index is 12.1. The van der Waals surface area contributed by atoms with E-state index in [4.69, 9.17) is 4.52 Å². The van der Waals surface area contributed by atoms with Crippen molar-refractivity contribution in [2.75, 3.05) is 6.54 Å². The Balaban J connectivity index is 1.10. The van der Waals surface area contributed by atoms with Crippen molar-refractivity contribution in [1.82, 2.24) is 45.4 Å². The number of fused-ring (bicyclic) bond motifs is 1. The summed E-state index contributed by atoms with van der Waals surface area (Å²) in [7, 11) is 0. The van der Waals surface area contributed by atoms with Gasteiger partial charge in [-0.15, -0.1) is 5.10 Å². The molecule has 0 radical (unpaired) electrons. The number of imidazole rings is 1. The number of aromatic nitrogens is 8. The third-order valence-electron chi connectivity index (χ3n) is 4.79. The number of hydrogen-bond acceptors (Lipinski definition) is 8. The van der Waals surface area contributed by atoms with Gasteiger partial charge < -0.3 is 14.8 Å². The number of rotatable bonds is 8. The number of carbonyl (C=O) groups excluding carboxylic acids is 1. The molecule has 0 saturated heterocycles. The van der Waals surface area contributed by atoms with Crippen molar-refractivity contribution in [3.8, 4) is 23.0 Å². The van der Waals surface area contributed by atoms with E-state index in [0.29, 0.717) is 37.4 Å². The Kier molecular flexibility index (Phi) is 5.35. The van der Waals surface area contributed by atoms with Crippen LogP contribution in [-0.2, 0) is 17.8 Å². The minimum Gasteiger partial charge on any atom is -0.354 e. The van der Waals surface area contributed by atoms with Gasteiger partial charge in [0.05, 0.1) is 23.8 Å². The van der Waals surface area contributed by atoms with Crippen LogP contribution in [-0.4, -0.2) is 52.5 Å². The van der Waals surface area contributed by atoms with Gasteiger partial charge in [-0.1, -0.05) is 22.5 Å². The first-order valence-corrected chi connectivity index (χ1v) is 10.1. The minimum atomic E-state index is -0.0520. The molecule has 160 valence electrons. The molecule has 5 aromatic rings. The quantitative estimate of drug-likeness (QED) is 0.382. The number of para-hydroxylation sites is 2. The summed E-state index contributed by atoms with van der Waals surface area (Å²) in [6.07, 6.45) is 5.92. The second-order valence-electron chi connectivity index (χ2n) is 7.08. The highest BCUT2D eigenvalue weighted by Gasteiger charge is 2.14. The molecule has 0 fully saturated rings. The normalized spacial score (nSPS) is 11.1. The van der Waals surface area contributed by atoms with Crippen LogP contribution in [0, 0.1) is 0 Å². The van der Waals surface area contributed by atoms with Crippen LogP contribution in [0.4, 0.5) is 0 Å². The molecule has 4 heterocycles. The topological polar surface area (TPSA) is 140 Å². The lowest BCUT2D eigenvalue weighted by Crippen LogP contribution is -2.27. The third-order valence-corrected chi connectivity index (χ3v) is 4.79. The Hall–Kier alpha value is -4.41. The molecule has 0 bridgehead atoms. The van der Waals surface area contributed by atoms with Crippen LogP contribution in [0.2, 0.25) is 0 Å². The van der Waals surface area contributed by atoms with Crippen LogP contribution in [0.25, 0.3) is 34.0 Å². The van der Waals surface area contributed by atoms with E-state index in [1.807, 2.05) is 30.3 Å². The van der Waals surface area contributed by atoms with E-state index in [1.54, 1.807) is 29.3 Å². The average molecular weight is 429 g/mol. The second kappa shape index (κ2) is 8.76. The van der Waals surface area contributed by atoms with Crippen LogP contribution < -0.4 is 5.32 Å². The Morgan fingerprint density at radius 1 is 1.16 bits per heavy atom. The van der Waals surface area contributed by atoms with Crippen molar-refractivity contribution in [3.63, 3.8) is 0 Å². The molecule has 2 N–H and O–H groups in total. The first-order valence-electron chi connectivity index (χ1n) is 10.1. The summed E-state index contributed by atoms with van der Waals surface area (Å²) in [5.74, 6) is 1.45. The van der Waals surface area contributed by atoms with Crippen LogP contribution in [0.15, 0.2) is 59.5 Å². The van der Waals surface area contributed by atoms with E-state index in [-0.39, 0.29) is 11.8 Å². The smallest absolute Gasteiger partial charge is 0.280 e. The maximum absolute atomic E-state index is 12.1. The van der Waals surface area contributed by atoms with Crippen LogP contribution in [0.3, 0.4) is 0 Å². The van der Waals surface area contributed by atoms with E-state index in [9.17, 15) is 4.79 Å². The van der Waals surface area contributed by atoms with E-state index in [2.05, 4.69) is 40.7 Å². The number of H-pyrrole nitrogens is 1. The van der Waals surface area contributed by atoms with E-state index < -0.39 is 0 Å². The Morgan fingerprint density at radius 3 is 2.97 bits per heavy atom. The fraction of sp³-hybridized carbons (Fsp3) is 0.190. The van der Waals surface area contributed by atoms with Gasteiger partial charge in [-0.3, -0.25) is 9.78 Å². The minimum absolute atomic E-state index is 0.0520. The number of benzene rings is 1. The summed E-state index contributed by atoms with van der Waals surface area (Å²) in [6, 6.07) is 11.4. The Morgan fingerprint density at radius 2 is 2.09 bits per heavy atom. The zero-order valence-corrected chi connectivity index (χ0v) is 17.0. The first kappa shape index (κ1) is 19.5. The fourth-order valence-electron chi connectivity index (χ4n) is 3.20. The van der Waals surface area contributed by atoms with Gasteiger partial charge in [-0.2, -0.15) is 4.98 Å².